The third-order valence-corrected chi connectivity index (χ3v) is 4.53. The van der Waals surface area contributed by atoms with Gasteiger partial charge in [0, 0.05) is 11.9 Å². The van der Waals surface area contributed by atoms with Crippen LogP contribution in [0.25, 0.3) is 0 Å². The van der Waals surface area contributed by atoms with E-state index < -0.39 is 0 Å². The highest BCUT2D eigenvalue weighted by molar-refractivity contribution is 7.80. The maximum Gasteiger partial charge on any atom is 0.176 e. The van der Waals surface area contributed by atoms with Gasteiger partial charge in [0.05, 0.1) is 16.6 Å². The van der Waals surface area contributed by atoms with Crippen LogP contribution in [0.1, 0.15) is 5.56 Å². The zero-order chi connectivity index (χ0) is 17.8. The fourth-order valence-corrected chi connectivity index (χ4v) is 2.91. The summed E-state index contributed by atoms with van der Waals surface area (Å²) in [5.41, 5.74) is 1.84. The summed E-state index contributed by atoms with van der Waals surface area (Å²) in [4.78, 5) is 0. The van der Waals surface area contributed by atoms with Crippen LogP contribution in [0.5, 0.6) is 0 Å². The van der Waals surface area contributed by atoms with E-state index in [1.165, 1.54) is 0 Å². The number of nitrogens with zero attached hydrogens (tertiary/aromatic N) is 2. The summed E-state index contributed by atoms with van der Waals surface area (Å²) in [5, 5.41) is 12.4. The van der Waals surface area contributed by atoms with Gasteiger partial charge in [-0.25, -0.2) is 0 Å². The molecule has 8 heteroatoms. The molecule has 0 aliphatic heterocycles. The van der Waals surface area contributed by atoms with Gasteiger partial charge >= 0.3 is 0 Å². The molecule has 0 bridgehead atoms. The van der Waals surface area contributed by atoms with E-state index in [-0.39, 0.29) is 0 Å². The zero-order valence-electron chi connectivity index (χ0n) is 12.8. The maximum atomic E-state index is 6.23. The number of hydrogen-bond acceptors (Lipinski definition) is 2. The van der Waals surface area contributed by atoms with Crippen LogP contribution in [-0.4, -0.2) is 14.9 Å². The molecular weight excluding hydrogens is 399 g/mol. The Hall–Kier alpha value is -1.79. The fraction of sp³-hybridized carbons (Fsp3) is 0.0588. The Bertz CT molecular complexity index is 896. The molecule has 0 aliphatic carbocycles. The van der Waals surface area contributed by atoms with Crippen molar-refractivity contribution < 1.29 is 0 Å². The van der Waals surface area contributed by atoms with Gasteiger partial charge in [0.1, 0.15) is 5.02 Å². The molecule has 0 aliphatic rings. The lowest BCUT2D eigenvalue weighted by molar-refractivity contribution is 0.690. The van der Waals surface area contributed by atoms with E-state index in [2.05, 4.69) is 15.7 Å². The number of nitrogens with one attached hydrogen (secondary N) is 2. The predicted molar refractivity (Wildman–Crippen MR) is 109 cm³/mol. The molecular formula is C17H13Cl3N4S. The average Bonchev–Trinajstić information content (AvgIpc) is 2.91. The van der Waals surface area contributed by atoms with Crippen molar-refractivity contribution in [3.05, 3.63) is 75.4 Å². The molecule has 0 unspecified atom stereocenters. The Balaban J connectivity index is 1.67. The highest BCUT2D eigenvalue weighted by atomic mass is 35.5. The molecule has 0 fully saturated rings. The van der Waals surface area contributed by atoms with Gasteiger partial charge in [0.2, 0.25) is 0 Å². The monoisotopic (exact) mass is 410 g/mol. The van der Waals surface area contributed by atoms with Crippen molar-refractivity contribution in [3.8, 4) is 0 Å². The lowest BCUT2D eigenvalue weighted by atomic mass is 10.2. The Kier molecular flexibility index (Phi) is 5.81. The van der Waals surface area contributed by atoms with E-state index >= 15 is 0 Å². The molecule has 0 saturated heterocycles. The van der Waals surface area contributed by atoms with Crippen molar-refractivity contribution in [1.82, 2.24) is 9.78 Å². The Morgan fingerprint density at radius 2 is 1.72 bits per heavy atom. The van der Waals surface area contributed by atoms with Crippen LogP contribution in [-0.2, 0) is 6.54 Å². The minimum absolute atomic E-state index is 0.410. The lowest BCUT2D eigenvalue weighted by Gasteiger charge is -2.08. The molecule has 3 rings (SSSR count). The van der Waals surface area contributed by atoms with Crippen molar-refractivity contribution >= 4 is 63.6 Å². The standard InChI is InChI=1S/C17H13Cl3N4S/c18-13-7-6-11(8-14(13)19)9-24-10-15(20)16(23-24)22-17(25)21-12-4-2-1-3-5-12/h1-8,10H,9H2,(H2,21,22,23,25). The number of halogens is 3. The first-order valence-corrected chi connectivity index (χ1v) is 8.85. The topological polar surface area (TPSA) is 41.9 Å². The largest absolute Gasteiger partial charge is 0.332 e. The Labute approximate surface area is 165 Å². The van der Waals surface area contributed by atoms with Gasteiger partial charge < -0.3 is 10.6 Å². The van der Waals surface area contributed by atoms with E-state index in [1.54, 1.807) is 23.0 Å². The van der Waals surface area contributed by atoms with Crippen LogP contribution in [0.15, 0.2) is 54.7 Å². The first-order chi connectivity index (χ1) is 12.0. The summed E-state index contributed by atoms with van der Waals surface area (Å²) >= 11 is 23.5. The van der Waals surface area contributed by atoms with Crippen LogP contribution in [0.3, 0.4) is 0 Å². The molecule has 25 heavy (non-hydrogen) atoms. The van der Waals surface area contributed by atoms with Gasteiger partial charge in [0.25, 0.3) is 0 Å². The maximum absolute atomic E-state index is 6.23. The highest BCUT2D eigenvalue weighted by Crippen LogP contribution is 2.24. The van der Waals surface area contributed by atoms with Crippen LogP contribution in [0, 0.1) is 0 Å². The molecule has 4 nitrogen and oxygen atoms in total. The lowest BCUT2D eigenvalue weighted by Crippen LogP contribution is -2.19. The minimum Gasteiger partial charge on any atom is -0.332 e. The Morgan fingerprint density at radius 3 is 2.44 bits per heavy atom. The number of aromatic nitrogens is 2. The molecule has 0 atom stereocenters. The van der Waals surface area contributed by atoms with E-state index in [9.17, 15) is 0 Å². The van der Waals surface area contributed by atoms with E-state index in [1.807, 2.05) is 36.4 Å². The average molecular weight is 412 g/mol. The molecule has 0 saturated carbocycles. The van der Waals surface area contributed by atoms with Crippen molar-refractivity contribution in [2.45, 2.75) is 6.54 Å². The third-order valence-electron chi connectivity index (χ3n) is 3.31. The normalized spacial score (nSPS) is 10.5. The van der Waals surface area contributed by atoms with Crippen LogP contribution < -0.4 is 10.6 Å². The minimum atomic E-state index is 0.410. The van der Waals surface area contributed by atoms with Crippen molar-refractivity contribution in [2.75, 3.05) is 10.6 Å². The molecule has 0 radical (unpaired) electrons. The summed E-state index contributed by atoms with van der Waals surface area (Å²) in [7, 11) is 0. The SMILES string of the molecule is S=C(Nc1ccccc1)Nc1nn(Cc2ccc(Cl)c(Cl)c2)cc1Cl. The number of benzene rings is 2. The molecule has 1 aromatic heterocycles. The highest BCUT2D eigenvalue weighted by Gasteiger charge is 2.10. The number of thiocarbonyl (C=S) groups is 1. The van der Waals surface area contributed by atoms with Crippen molar-refractivity contribution in [1.29, 1.82) is 0 Å². The van der Waals surface area contributed by atoms with Gasteiger partial charge in [-0.05, 0) is 42.0 Å². The second-order valence-corrected chi connectivity index (χ2v) is 6.85. The first-order valence-electron chi connectivity index (χ1n) is 7.31. The summed E-state index contributed by atoms with van der Waals surface area (Å²) in [6, 6.07) is 15.0. The molecule has 0 spiro atoms. The van der Waals surface area contributed by atoms with E-state index in [0.29, 0.717) is 32.5 Å². The summed E-state index contributed by atoms with van der Waals surface area (Å²) < 4.78 is 1.70. The molecule has 128 valence electrons. The predicted octanol–water partition coefficient (Wildman–Crippen LogP) is 5.70. The number of para-hydroxylation sites is 1. The third kappa shape index (κ3) is 4.86. The quantitative estimate of drug-likeness (QED) is 0.540. The van der Waals surface area contributed by atoms with Crippen molar-refractivity contribution in [2.24, 2.45) is 0 Å². The van der Waals surface area contributed by atoms with Gasteiger partial charge in [-0.2, -0.15) is 5.10 Å². The van der Waals surface area contributed by atoms with Gasteiger partial charge in [-0.1, -0.05) is 59.1 Å². The van der Waals surface area contributed by atoms with Crippen molar-refractivity contribution in [3.63, 3.8) is 0 Å². The number of anilines is 2. The molecule has 0 amide bonds. The molecule has 2 N–H and O–H groups in total. The van der Waals surface area contributed by atoms with Gasteiger partial charge in [-0.3, -0.25) is 4.68 Å². The summed E-state index contributed by atoms with van der Waals surface area (Å²) in [5.74, 6) is 0.482. The molecule has 1 heterocycles. The van der Waals surface area contributed by atoms with Gasteiger partial charge in [-0.15, -0.1) is 0 Å². The van der Waals surface area contributed by atoms with E-state index in [4.69, 9.17) is 47.0 Å². The zero-order valence-corrected chi connectivity index (χ0v) is 15.9. The summed E-state index contributed by atoms with van der Waals surface area (Å²) in [6.07, 6.45) is 1.72. The molecule has 2 aromatic carbocycles. The first kappa shape index (κ1) is 18.0. The second kappa shape index (κ2) is 8.06. The van der Waals surface area contributed by atoms with Crippen LogP contribution >= 0.6 is 47.0 Å². The Morgan fingerprint density at radius 1 is 0.960 bits per heavy atom. The van der Waals surface area contributed by atoms with Gasteiger partial charge in [0.15, 0.2) is 10.9 Å². The number of hydrogen-bond donors (Lipinski definition) is 2. The summed E-state index contributed by atoms with van der Waals surface area (Å²) in [6.45, 7) is 0.511. The molecule has 3 aromatic rings. The fourth-order valence-electron chi connectivity index (χ4n) is 2.18. The van der Waals surface area contributed by atoms with Crippen LogP contribution in [0.2, 0.25) is 15.1 Å². The smallest absolute Gasteiger partial charge is 0.176 e. The van der Waals surface area contributed by atoms with Crippen LogP contribution in [0.4, 0.5) is 11.5 Å². The van der Waals surface area contributed by atoms with E-state index in [0.717, 1.165) is 11.3 Å². The number of rotatable bonds is 4. The second-order valence-electron chi connectivity index (χ2n) is 5.22.